The van der Waals surface area contributed by atoms with Gasteiger partial charge in [0, 0.05) is 20.9 Å². The molecule has 2 N–H and O–H groups in total. The van der Waals surface area contributed by atoms with Crippen LogP contribution in [-0.4, -0.2) is 67.7 Å². The van der Waals surface area contributed by atoms with Crippen LogP contribution in [0.3, 0.4) is 0 Å². The first-order chi connectivity index (χ1) is 9.59. The minimum atomic E-state index is -1.11. The second-order valence-electron chi connectivity index (χ2n) is 4.10. The maximum atomic E-state index is 11.6. The van der Waals surface area contributed by atoms with Crippen molar-refractivity contribution >= 4 is 135 Å². The van der Waals surface area contributed by atoms with Gasteiger partial charge in [0.2, 0.25) is 11.8 Å². The van der Waals surface area contributed by atoms with E-state index < -0.39 is 5.97 Å². The molecule has 10 heteroatoms. The summed E-state index contributed by atoms with van der Waals surface area (Å²) < 4.78 is 1.52. The SMILES string of the molecule is CC(=O)Nc1c(I)c(C(=O)O)c(I)c(N(C)C(C)=O)c1I.[Ca+2].[H-].[H-]. The summed E-state index contributed by atoms with van der Waals surface area (Å²) in [6.07, 6.45) is 0. The summed E-state index contributed by atoms with van der Waals surface area (Å²) in [6.45, 7) is 2.74. The van der Waals surface area contributed by atoms with E-state index in [4.69, 9.17) is 0 Å². The Hall–Kier alpha value is 1.08. The minimum Gasteiger partial charge on any atom is -1.00 e. The van der Waals surface area contributed by atoms with E-state index in [0.29, 0.717) is 22.1 Å². The predicted molar refractivity (Wildman–Crippen MR) is 113 cm³/mol. The number of hydrogen-bond donors (Lipinski definition) is 2. The van der Waals surface area contributed by atoms with Crippen molar-refractivity contribution in [3.8, 4) is 0 Å². The molecule has 0 aliphatic rings. The zero-order valence-corrected chi connectivity index (χ0v) is 20.6. The topological polar surface area (TPSA) is 86.7 Å². The van der Waals surface area contributed by atoms with E-state index in [0.717, 1.165) is 0 Å². The number of halogens is 3. The third-order valence-corrected chi connectivity index (χ3v) is 5.80. The van der Waals surface area contributed by atoms with Gasteiger partial charge < -0.3 is 18.2 Å². The summed E-state index contributed by atoms with van der Waals surface area (Å²) in [5, 5.41) is 12.1. The average Bonchev–Trinajstić information content (AvgIpc) is 2.33. The van der Waals surface area contributed by atoms with Crippen LogP contribution >= 0.6 is 67.8 Å². The van der Waals surface area contributed by atoms with Gasteiger partial charge in [-0.05, 0) is 67.8 Å². The van der Waals surface area contributed by atoms with E-state index in [1.54, 1.807) is 7.05 Å². The van der Waals surface area contributed by atoms with Gasteiger partial charge >= 0.3 is 43.7 Å². The fourth-order valence-electron chi connectivity index (χ4n) is 1.58. The Balaban J connectivity index is -0.00000147. The van der Waals surface area contributed by atoms with Crippen molar-refractivity contribution in [2.45, 2.75) is 13.8 Å². The van der Waals surface area contributed by atoms with Crippen LogP contribution in [0.15, 0.2) is 0 Å². The summed E-state index contributed by atoms with van der Waals surface area (Å²) in [6, 6.07) is 0. The zero-order chi connectivity index (χ0) is 16.5. The molecule has 1 rings (SSSR count). The maximum Gasteiger partial charge on any atom is 2.00 e. The van der Waals surface area contributed by atoms with E-state index in [9.17, 15) is 19.5 Å². The van der Waals surface area contributed by atoms with E-state index in [2.05, 4.69) is 5.32 Å². The molecule has 22 heavy (non-hydrogen) atoms. The van der Waals surface area contributed by atoms with Crippen molar-refractivity contribution in [3.05, 3.63) is 16.3 Å². The van der Waals surface area contributed by atoms with Gasteiger partial charge in [0.15, 0.2) is 0 Å². The van der Waals surface area contributed by atoms with Crippen molar-refractivity contribution in [1.82, 2.24) is 0 Å². The number of carboxylic acids is 1. The number of anilines is 2. The van der Waals surface area contributed by atoms with Gasteiger partial charge in [-0.15, -0.1) is 0 Å². The Morgan fingerprint density at radius 3 is 1.95 bits per heavy atom. The number of carbonyl (C=O) groups excluding carboxylic acids is 2. The first-order valence-electron chi connectivity index (χ1n) is 5.55. The largest absolute Gasteiger partial charge is 2.00 e. The summed E-state index contributed by atoms with van der Waals surface area (Å²) in [4.78, 5) is 35.9. The number of carboxylic acid groups (broad SMARTS) is 1. The van der Waals surface area contributed by atoms with E-state index in [1.165, 1.54) is 18.7 Å². The Bertz CT molecular complexity index is 662. The Labute approximate surface area is 201 Å². The van der Waals surface area contributed by atoms with Gasteiger partial charge in [-0.25, -0.2) is 4.79 Å². The number of nitrogens with zero attached hydrogens (tertiary/aromatic N) is 1. The molecule has 0 aliphatic carbocycles. The molecule has 0 saturated heterocycles. The summed E-state index contributed by atoms with van der Waals surface area (Å²) in [7, 11) is 1.57. The van der Waals surface area contributed by atoms with Crippen LogP contribution in [-0.2, 0) is 9.59 Å². The molecular weight excluding hydrogens is 657 g/mol. The summed E-state index contributed by atoms with van der Waals surface area (Å²) >= 11 is 5.80. The van der Waals surface area contributed by atoms with Gasteiger partial charge in [0.1, 0.15) is 0 Å². The fraction of sp³-hybridized carbons (Fsp3) is 0.250. The number of carbonyl (C=O) groups is 3. The molecule has 1 aromatic carbocycles. The average molecular weight is 670 g/mol. The monoisotopic (exact) mass is 670 g/mol. The van der Waals surface area contributed by atoms with Gasteiger partial charge in [-0.3, -0.25) is 9.59 Å². The van der Waals surface area contributed by atoms with Crippen LogP contribution in [0.1, 0.15) is 27.1 Å². The number of amides is 2. The third kappa shape index (κ3) is 5.04. The Kier molecular flexibility index (Phi) is 10.0. The summed E-state index contributed by atoms with van der Waals surface area (Å²) in [5.74, 6) is -1.64. The Morgan fingerprint density at radius 2 is 1.59 bits per heavy atom. The van der Waals surface area contributed by atoms with E-state index >= 15 is 0 Å². The first-order valence-corrected chi connectivity index (χ1v) is 8.78. The van der Waals surface area contributed by atoms with Crippen molar-refractivity contribution in [3.63, 3.8) is 0 Å². The van der Waals surface area contributed by atoms with Crippen LogP contribution in [0.2, 0.25) is 0 Å². The van der Waals surface area contributed by atoms with Gasteiger partial charge in [0.25, 0.3) is 0 Å². The van der Waals surface area contributed by atoms with Crippen molar-refractivity contribution < 1.29 is 22.3 Å². The van der Waals surface area contributed by atoms with Crippen LogP contribution in [0.25, 0.3) is 0 Å². The smallest absolute Gasteiger partial charge is 1.00 e. The number of aromatic carboxylic acids is 1. The molecule has 0 radical (unpaired) electrons. The molecule has 0 saturated carbocycles. The molecular formula is C12H13CaI3N2O4. The maximum absolute atomic E-state index is 11.6. The molecule has 0 heterocycles. The third-order valence-electron chi connectivity index (χ3n) is 2.62. The molecule has 0 unspecified atom stereocenters. The van der Waals surface area contributed by atoms with Gasteiger partial charge in [-0.2, -0.15) is 0 Å². The van der Waals surface area contributed by atoms with Crippen LogP contribution in [0, 0.1) is 10.7 Å². The molecule has 0 aromatic heterocycles. The Morgan fingerprint density at radius 1 is 1.09 bits per heavy atom. The second-order valence-corrected chi connectivity index (χ2v) is 7.34. The van der Waals surface area contributed by atoms with Crippen molar-refractivity contribution in [1.29, 1.82) is 0 Å². The van der Waals surface area contributed by atoms with Crippen LogP contribution < -0.4 is 10.2 Å². The van der Waals surface area contributed by atoms with E-state index in [1.807, 2.05) is 67.8 Å². The first kappa shape index (κ1) is 23.1. The molecule has 0 aliphatic heterocycles. The normalized spacial score (nSPS) is 9.73. The van der Waals surface area contributed by atoms with Gasteiger partial charge in [-0.1, -0.05) is 0 Å². The zero-order valence-electron chi connectivity index (χ0n) is 14.0. The molecule has 0 atom stereocenters. The molecule has 0 bridgehead atoms. The standard InChI is InChI=1S/C12H11I3N2O4.Ca.2H/c1-4(18)16-10-7(13)6(12(20)21)8(14)11(9(10)15)17(3)5(2)19;;;/h1-3H3,(H,16,18)(H,20,21);;;/q;+2;2*-1. The van der Waals surface area contributed by atoms with Crippen molar-refractivity contribution in [2.75, 3.05) is 17.3 Å². The molecule has 0 fully saturated rings. The molecule has 0 spiro atoms. The van der Waals surface area contributed by atoms with E-state index in [-0.39, 0.29) is 58.0 Å². The quantitative estimate of drug-likeness (QED) is 0.383. The predicted octanol–water partition coefficient (Wildman–Crippen LogP) is 2.98. The second kappa shape index (κ2) is 9.53. The van der Waals surface area contributed by atoms with Crippen LogP contribution in [0.5, 0.6) is 0 Å². The molecule has 2 amide bonds. The summed E-state index contributed by atoms with van der Waals surface area (Å²) in [5.41, 5.74) is 0.957. The van der Waals surface area contributed by atoms with Crippen molar-refractivity contribution in [2.24, 2.45) is 0 Å². The minimum absolute atomic E-state index is 0. The number of benzene rings is 1. The number of hydrogen-bond acceptors (Lipinski definition) is 3. The van der Waals surface area contributed by atoms with Gasteiger partial charge in [0.05, 0.1) is 27.6 Å². The number of rotatable bonds is 3. The number of nitrogens with one attached hydrogen (secondary N) is 1. The van der Waals surface area contributed by atoms with Crippen LogP contribution in [0.4, 0.5) is 11.4 Å². The molecule has 6 nitrogen and oxygen atoms in total. The molecule has 118 valence electrons. The fourth-order valence-corrected chi connectivity index (χ4v) is 6.20. The molecule has 1 aromatic rings.